The highest BCUT2D eigenvalue weighted by Crippen LogP contribution is 2.13. The van der Waals surface area contributed by atoms with Crippen LogP contribution in [-0.2, 0) is 16.0 Å². The van der Waals surface area contributed by atoms with Gasteiger partial charge in [0.25, 0.3) is 0 Å². The number of nitrogens with one attached hydrogen (secondary N) is 1. The van der Waals surface area contributed by atoms with Crippen LogP contribution in [0, 0.1) is 0 Å². The minimum absolute atomic E-state index is 0.0462. The summed E-state index contributed by atoms with van der Waals surface area (Å²) < 4.78 is 5.14. The molecule has 0 saturated carbocycles. The van der Waals surface area contributed by atoms with Crippen molar-refractivity contribution in [2.24, 2.45) is 0 Å². The summed E-state index contributed by atoms with van der Waals surface area (Å²) in [5.41, 5.74) is 1.12. The number of rotatable bonds is 4. The second kappa shape index (κ2) is 9.96. The van der Waals surface area contributed by atoms with Crippen molar-refractivity contribution in [2.75, 3.05) is 26.7 Å². The third-order valence-electron chi connectivity index (χ3n) is 4.43. The highest BCUT2D eigenvalue weighted by atomic mass is 16.5. The van der Waals surface area contributed by atoms with Crippen molar-refractivity contribution >= 4 is 11.8 Å². The fourth-order valence-electron chi connectivity index (χ4n) is 2.90. The molecule has 1 N–H and O–H groups in total. The van der Waals surface area contributed by atoms with Gasteiger partial charge in [-0.2, -0.15) is 0 Å². The first kappa shape index (κ1) is 18.3. The molecule has 1 aromatic rings. The third kappa shape index (κ3) is 6.22. The maximum absolute atomic E-state index is 12.5. The molecular formula is C19H28N2O3. The van der Waals surface area contributed by atoms with Gasteiger partial charge in [-0.3, -0.25) is 9.59 Å². The van der Waals surface area contributed by atoms with E-state index in [-0.39, 0.29) is 11.8 Å². The van der Waals surface area contributed by atoms with Crippen LogP contribution in [-0.4, -0.2) is 43.5 Å². The van der Waals surface area contributed by atoms with Crippen molar-refractivity contribution < 1.29 is 14.3 Å². The van der Waals surface area contributed by atoms with Gasteiger partial charge in [-0.05, 0) is 37.0 Å². The molecule has 2 rings (SSSR count). The Morgan fingerprint density at radius 2 is 1.88 bits per heavy atom. The van der Waals surface area contributed by atoms with Crippen LogP contribution in [0.4, 0.5) is 0 Å². The second-order valence-electron chi connectivity index (χ2n) is 6.24. The summed E-state index contributed by atoms with van der Waals surface area (Å²) in [6.45, 7) is 2.03. The smallest absolute Gasteiger partial charge is 0.222 e. The summed E-state index contributed by atoms with van der Waals surface area (Å²) in [6, 6.07) is 7.81. The Hall–Kier alpha value is -2.04. The van der Waals surface area contributed by atoms with Gasteiger partial charge in [0.15, 0.2) is 0 Å². The summed E-state index contributed by atoms with van der Waals surface area (Å²) in [5.74, 6) is 1.01. The number of methoxy groups -OCH3 is 1. The van der Waals surface area contributed by atoms with Crippen LogP contribution in [0.3, 0.4) is 0 Å². The molecule has 5 nitrogen and oxygen atoms in total. The largest absolute Gasteiger partial charge is 0.497 e. The molecule has 1 aliphatic heterocycles. The van der Waals surface area contributed by atoms with Crippen LogP contribution in [0.15, 0.2) is 24.3 Å². The molecule has 0 radical (unpaired) electrons. The van der Waals surface area contributed by atoms with Gasteiger partial charge in [-0.25, -0.2) is 0 Å². The molecule has 0 aliphatic carbocycles. The zero-order valence-electron chi connectivity index (χ0n) is 14.6. The molecule has 0 atom stereocenters. The van der Waals surface area contributed by atoms with Gasteiger partial charge in [-0.15, -0.1) is 0 Å². The second-order valence-corrected chi connectivity index (χ2v) is 6.24. The molecule has 1 aromatic carbocycles. The van der Waals surface area contributed by atoms with Crippen molar-refractivity contribution in [3.8, 4) is 5.75 Å². The van der Waals surface area contributed by atoms with Crippen LogP contribution in [0.5, 0.6) is 5.75 Å². The Morgan fingerprint density at radius 3 is 2.62 bits per heavy atom. The van der Waals surface area contributed by atoms with E-state index < -0.39 is 0 Å². The van der Waals surface area contributed by atoms with Crippen molar-refractivity contribution in [2.45, 2.75) is 44.9 Å². The van der Waals surface area contributed by atoms with Crippen LogP contribution in [0.25, 0.3) is 0 Å². The van der Waals surface area contributed by atoms with E-state index in [0.29, 0.717) is 25.8 Å². The highest BCUT2D eigenvalue weighted by Gasteiger charge is 2.15. The van der Waals surface area contributed by atoms with Crippen molar-refractivity contribution in [1.29, 1.82) is 0 Å². The molecule has 132 valence electrons. The maximum Gasteiger partial charge on any atom is 0.222 e. The molecule has 5 heteroatoms. The summed E-state index contributed by atoms with van der Waals surface area (Å²) in [4.78, 5) is 26.1. The minimum atomic E-state index is 0.0462. The number of hydrogen-bond acceptors (Lipinski definition) is 3. The van der Waals surface area contributed by atoms with E-state index in [4.69, 9.17) is 4.74 Å². The Morgan fingerprint density at radius 1 is 1.12 bits per heavy atom. The van der Waals surface area contributed by atoms with Gasteiger partial charge in [0.2, 0.25) is 11.8 Å². The van der Waals surface area contributed by atoms with E-state index in [1.165, 1.54) is 0 Å². The summed E-state index contributed by atoms with van der Waals surface area (Å²) >= 11 is 0. The standard InChI is InChI=1S/C19H28N2O3/c1-24-17-9-6-16(7-10-17)8-11-19(23)21-14-5-3-2-4-13-20-18(22)12-15-21/h6-7,9-10H,2-5,8,11-15H2,1H3,(H,20,22). The minimum Gasteiger partial charge on any atom is -0.497 e. The van der Waals surface area contributed by atoms with Gasteiger partial charge in [0, 0.05) is 32.5 Å². The van der Waals surface area contributed by atoms with E-state index in [1.807, 2.05) is 29.2 Å². The highest BCUT2D eigenvalue weighted by molar-refractivity contribution is 5.79. The lowest BCUT2D eigenvalue weighted by Gasteiger charge is -2.22. The van der Waals surface area contributed by atoms with E-state index in [0.717, 1.165) is 50.1 Å². The van der Waals surface area contributed by atoms with E-state index in [1.54, 1.807) is 7.11 Å². The van der Waals surface area contributed by atoms with Crippen LogP contribution in [0.1, 0.15) is 44.1 Å². The molecule has 0 bridgehead atoms. The molecule has 0 unspecified atom stereocenters. The number of aryl methyl sites for hydroxylation is 1. The third-order valence-corrected chi connectivity index (χ3v) is 4.43. The zero-order chi connectivity index (χ0) is 17.2. The molecule has 0 spiro atoms. The molecule has 1 fully saturated rings. The number of amides is 2. The van der Waals surface area contributed by atoms with Gasteiger partial charge in [-0.1, -0.05) is 25.0 Å². The van der Waals surface area contributed by atoms with Gasteiger partial charge < -0.3 is 15.0 Å². The molecule has 0 aromatic heterocycles. The Balaban J connectivity index is 1.85. The first-order valence-electron chi connectivity index (χ1n) is 8.86. The molecule has 1 heterocycles. The van der Waals surface area contributed by atoms with Crippen LogP contribution >= 0.6 is 0 Å². The fourth-order valence-corrected chi connectivity index (χ4v) is 2.90. The van der Waals surface area contributed by atoms with Gasteiger partial charge in [0.1, 0.15) is 5.75 Å². The number of nitrogens with zero attached hydrogens (tertiary/aromatic N) is 1. The molecule has 1 aliphatic rings. The first-order valence-corrected chi connectivity index (χ1v) is 8.86. The van der Waals surface area contributed by atoms with Gasteiger partial charge >= 0.3 is 0 Å². The molecule has 2 amide bonds. The number of ether oxygens (including phenoxy) is 1. The summed E-state index contributed by atoms with van der Waals surface area (Å²) in [5, 5.41) is 2.92. The predicted molar refractivity (Wildman–Crippen MR) is 94.0 cm³/mol. The van der Waals surface area contributed by atoms with E-state index in [9.17, 15) is 9.59 Å². The zero-order valence-corrected chi connectivity index (χ0v) is 14.6. The lowest BCUT2D eigenvalue weighted by molar-refractivity contribution is -0.132. The molecule has 1 saturated heterocycles. The molecule has 24 heavy (non-hydrogen) atoms. The monoisotopic (exact) mass is 332 g/mol. The number of hydrogen-bond donors (Lipinski definition) is 1. The topological polar surface area (TPSA) is 58.6 Å². The summed E-state index contributed by atoms with van der Waals surface area (Å²) in [7, 11) is 1.64. The van der Waals surface area contributed by atoms with Crippen LogP contribution in [0.2, 0.25) is 0 Å². The Kier molecular flexibility index (Phi) is 7.59. The average Bonchev–Trinajstić information content (AvgIpc) is 2.65. The Bertz CT molecular complexity index is 528. The van der Waals surface area contributed by atoms with E-state index in [2.05, 4.69) is 5.32 Å². The van der Waals surface area contributed by atoms with E-state index >= 15 is 0 Å². The maximum atomic E-state index is 12.5. The number of carbonyl (C=O) groups excluding carboxylic acids is 2. The Labute approximate surface area is 144 Å². The summed E-state index contributed by atoms with van der Waals surface area (Å²) in [6.07, 6.45) is 5.85. The fraction of sp³-hybridized carbons (Fsp3) is 0.579. The predicted octanol–water partition coefficient (Wildman–Crippen LogP) is 2.54. The van der Waals surface area contributed by atoms with Crippen LogP contribution < -0.4 is 10.1 Å². The number of carbonyl (C=O) groups is 2. The van der Waals surface area contributed by atoms with Gasteiger partial charge in [0.05, 0.1) is 7.11 Å². The average molecular weight is 332 g/mol. The number of benzene rings is 1. The SMILES string of the molecule is COc1ccc(CCC(=O)N2CCCCCCNC(=O)CC2)cc1. The first-order chi connectivity index (χ1) is 11.7. The normalized spacial score (nSPS) is 16.9. The quantitative estimate of drug-likeness (QED) is 0.922. The lowest BCUT2D eigenvalue weighted by Crippen LogP contribution is -2.35. The van der Waals surface area contributed by atoms with Crippen molar-refractivity contribution in [1.82, 2.24) is 10.2 Å². The van der Waals surface area contributed by atoms with Crippen molar-refractivity contribution in [3.05, 3.63) is 29.8 Å². The lowest BCUT2D eigenvalue weighted by atomic mass is 10.1. The van der Waals surface area contributed by atoms with Crippen molar-refractivity contribution in [3.63, 3.8) is 0 Å². The molecular weight excluding hydrogens is 304 g/mol.